The Kier molecular flexibility index (Phi) is 4.89. The van der Waals surface area contributed by atoms with Gasteiger partial charge in [-0.15, -0.1) is 11.3 Å². The highest BCUT2D eigenvalue weighted by Gasteiger charge is 2.30. The van der Waals surface area contributed by atoms with Crippen molar-refractivity contribution in [2.24, 2.45) is 11.8 Å². The Morgan fingerprint density at radius 2 is 1.86 bits per heavy atom. The maximum atomic E-state index is 13.3. The van der Waals surface area contributed by atoms with Gasteiger partial charge in [-0.3, -0.25) is 4.79 Å². The first-order valence-electron chi connectivity index (χ1n) is 9.66. The summed E-state index contributed by atoms with van der Waals surface area (Å²) in [5.74, 6) is 0.994. The van der Waals surface area contributed by atoms with E-state index in [0.29, 0.717) is 38.2 Å². The Balaban J connectivity index is 1.90. The zero-order chi connectivity index (χ0) is 20.7. The SMILES string of the molecule is CC1CC(C)CN(C(=O)c2sc3nc(N)c(C#N)c(-c4ccccc4)c3c2N)C1. The van der Waals surface area contributed by atoms with E-state index in [0.717, 1.165) is 25.1 Å². The van der Waals surface area contributed by atoms with E-state index in [1.165, 1.54) is 11.3 Å². The monoisotopic (exact) mass is 405 g/mol. The number of hydrogen-bond donors (Lipinski definition) is 2. The fourth-order valence-corrected chi connectivity index (χ4v) is 5.39. The molecule has 1 saturated heterocycles. The highest BCUT2D eigenvalue weighted by Crippen LogP contribution is 2.43. The number of carbonyl (C=O) groups excluding carboxylic acids is 1. The quantitative estimate of drug-likeness (QED) is 0.666. The van der Waals surface area contributed by atoms with Crippen LogP contribution in [0.25, 0.3) is 21.3 Å². The van der Waals surface area contributed by atoms with Gasteiger partial charge in [-0.1, -0.05) is 44.2 Å². The van der Waals surface area contributed by atoms with Crippen LogP contribution in [0.3, 0.4) is 0 Å². The van der Waals surface area contributed by atoms with Gasteiger partial charge in [0.25, 0.3) is 5.91 Å². The summed E-state index contributed by atoms with van der Waals surface area (Å²) in [7, 11) is 0. The van der Waals surface area contributed by atoms with E-state index in [1.807, 2.05) is 35.2 Å². The molecular weight excluding hydrogens is 382 g/mol. The average molecular weight is 406 g/mol. The standard InChI is InChI=1S/C22H23N5OS/c1-12-8-13(2)11-27(10-12)22(28)19-18(24)17-16(14-6-4-3-5-7-14)15(9-23)20(25)26-21(17)29-19/h3-7,12-13H,8,10-11,24H2,1-2H3,(H2,25,26). The maximum Gasteiger partial charge on any atom is 0.266 e. The Hall–Kier alpha value is -3.11. The highest BCUT2D eigenvalue weighted by atomic mass is 32.1. The van der Waals surface area contributed by atoms with E-state index in [-0.39, 0.29) is 17.3 Å². The number of fused-ring (bicyclic) bond motifs is 1. The summed E-state index contributed by atoms with van der Waals surface area (Å²) < 4.78 is 0. The average Bonchev–Trinajstić information content (AvgIpc) is 3.02. The summed E-state index contributed by atoms with van der Waals surface area (Å²) >= 11 is 1.25. The molecule has 3 heterocycles. The number of nitrogens with two attached hydrogens (primary N) is 2. The van der Waals surface area contributed by atoms with Crippen LogP contribution < -0.4 is 11.5 Å². The van der Waals surface area contributed by atoms with Gasteiger partial charge in [-0.05, 0) is 23.8 Å². The van der Waals surface area contributed by atoms with Gasteiger partial charge in [-0.25, -0.2) is 4.98 Å². The third kappa shape index (κ3) is 3.30. The van der Waals surface area contributed by atoms with E-state index in [4.69, 9.17) is 11.5 Å². The molecule has 1 aliphatic heterocycles. The smallest absolute Gasteiger partial charge is 0.266 e. The summed E-state index contributed by atoms with van der Waals surface area (Å²) in [5, 5.41) is 10.3. The van der Waals surface area contributed by atoms with Crippen molar-refractivity contribution in [3.05, 3.63) is 40.8 Å². The van der Waals surface area contributed by atoms with E-state index >= 15 is 0 Å². The zero-order valence-corrected chi connectivity index (χ0v) is 17.3. The molecule has 1 aliphatic rings. The van der Waals surface area contributed by atoms with Gasteiger partial charge in [-0.2, -0.15) is 5.26 Å². The molecule has 4 rings (SSSR count). The Morgan fingerprint density at radius 3 is 2.48 bits per heavy atom. The minimum atomic E-state index is -0.0695. The van der Waals surface area contributed by atoms with E-state index < -0.39 is 0 Å². The molecule has 148 valence electrons. The Bertz CT molecular complexity index is 1120. The Labute approximate surface area is 173 Å². The maximum absolute atomic E-state index is 13.3. The molecule has 0 spiro atoms. The van der Waals surface area contributed by atoms with Crippen LogP contribution in [0.15, 0.2) is 30.3 Å². The first kappa shape index (κ1) is 19.2. The lowest BCUT2D eigenvalue weighted by molar-refractivity contribution is 0.0629. The summed E-state index contributed by atoms with van der Waals surface area (Å²) in [4.78, 5) is 20.6. The number of nitrogen functional groups attached to an aromatic ring is 2. The number of benzene rings is 1. The van der Waals surface area contributed by atoms with Gasteiger partial charge in [0.05, 0.1) is 5.69 Å². The van der Waals surface area contributed by atoms with Crippen molar-refractivity contribution in [2.75, 3.05) is 24.6 Å². The van der Waals surface area contributed by atoms with Crippen LogP contribution in [0.4, 0.5) is 11.5 Å². The molecule has 4 N–H and O–H groups in total. The number of piperidine rings is 1. The van der Waals surface area contributed by atoms with E-state index in [1.54, 1.807) is 0 Å². The van der Waals surface area contributed by atoms with Crippen LogP contribution in [0.2, 0.25) is 0 Å². The number of rotatable bonds is 2. The molecule has 2 atom stereocenters. The van der Waals surface area contributed by atoms with Crippen LogP contribution in [-0.4, -0.2) is 28.9 Å². The molecule has 0 saturated carbocycles. The lowest BCUT2D eigenvalue weighted by Crippen LogP contribution is -2.42. The number of aromatic nitrogens is 1. The molecular formula is C22H23N5OS. The second-order valence-electron chi connectivity index (χ2n) is 7.91. The predicted octanol–water partition coefficient (Wildman–Crippen LogP) is 4.12. The van der Waals surface area contributed by atoms with Crippen LogP contribution >= 0.6 is 11.3 Å². The van der Waals surface area contributed by atoms with Gasteiger partial charge in [0.15, 0.2) is 0 Å². The number of likely N-dealkylation sites (tertiary alicyclic amines) is 1. The van der Waals surface area contributed by atoms with Crippen molar-refractivity contribution >= 4 is 39.0 Å². The Morgan fingerprint density at radius 1 is 1.21 bits per heavy atom. The predicted molar refractivity (Wildman–Crippen MR) is 117 cm³/mol. The van der Waals surface area contributed by atoms with Gasteiger partial charge >= 0.3 is 0 Å². The summed E-state index contributed by atoms with van der Waals surface area (Å²) in [5.41, 5.74) is 14.7. The molecule has 3 aromatic rings. The van der Waals surface area contributed by atoms with Gasteiger partial charge in [0, 0.05) is 24.0 Å². The second kappa shape index (κ2) is 7.37. The highest BCUT2D eigenvalue weighted by molar-refractivity contribution is 7.21. The second-order valence-corrected chi connectivity index (χ2v) is 8.91. The van der Waals surface area contributed by atoms with Crippen molar-refractivity contribution < 1.29 is 4.79 Å². The molecule has 2 aromatic heterocycles. The minimum Gasteiger partial charge on any atom is -0.397 e. The molecule has 6 nitrogen and oxygen atoms in total. The van der Waals surface area contributed by atoms with Crippen molar-refractivity contribution in [3.8, 4) is 17.2 Å². The number of anilines is 2. The largest absolute Gasteiger partial charge is 0.397 e. The summed E-state index contributed by atoms with van der Waals surface area (Å²) in [6.45, 7) is 5.78. The fourth-order valence-electron chi connectivity index (χ4n) is 4.31. The van der Waals surface area contributed by atoms with Crippen LogP contribution in [-0.2, 0) is 0 Å². The van der Waals surface area contributed by atoms with Gasteiger partial charge < -0.3 is 16.4 Å². The molecule has 0 aliphatic carbocycles. The van der Waals surface area contributed by atoms with Gasteiger partial charge in [0.1, 0.15) is 27.2 Å². The number of nitriles is 1. The topological polar surface area (TPSA) is 109 Å². The minimum absolute atomic E-state index is 0.0695. The van der Waals surface area contributed by atoms with Crippen molar-refractivity contribution in [1.29, 1.82) is 5.26 Å². The number of hydrogen-bond acceptors (Lipinski definition) is 6. The molecule has 1 amide bonds. The van der Waals surface area contributed by atoms with E-state index in [2.05, 4.69) is 24.9 Å². The molecule has 1 aromatic carbocycles. The van der Waals surface area contributed by atoms with Crippen LogP contribution in [0.5, 0.6) is 0 Å². The van der Waals surface area contributed by atoms with Gasteiger partial charge in [0.2, 0.25) is 0 Å². The first-order chi connectivity index (χ1) is 13.9. The zero-order valence-electron chi connectivity index (χ0n) is 16.5. The van der Waals surface area contributed by atoms with Crippen LogP contribution in [0.1, 0.15) is 35.5 Å². The molecule has 7 heteroatoms. The fraction of sp³-hybridized carbons (Fsp3) is 0.318. The molecule has 29 heavy (non-hydrogen) atoms. The number of thiophene rings is 1. The van der Waals surface area contributed by atoms with Crippen molar-refractivity contribution in [3.63, 3.8) is 0 Å². The van der Waals surface area contributed by atoms with Crippen molar-refractivity contribution in [1.82, 2.24) is 9.88 Å². The lowest BCUT2D eigenvalue weighted by atomic mass is 9.91. The molecule has 2 unspecified atom stereocenters. The van der Waals surface area contributed by atoms with Crippen LogP contribution in [0, 0.1) is 23.2 Å². The van der Waals surface area contributed by atoms with Crippen molar-refractivity contribution in [2.45, 2.75) is 20.3 Å². The number of carbonyl (C=O) groups is 1. The molecule has 1 fully saturated rings. The number of nitrogens with zero attached hydrogens (tertiary/aromatic N) is 3. The first-order valence-corrected chi connectivity index (χ1v) is 10.5. The lowest BCUT2D eigenvalue weighted by Gasteiger charge is -2.34. The molecule has 0 bridgehead atoms. The third-order valence-electron chi connectivity index (χ3n) is 5.43. The third-order valence-corrected chi connectivity index (χ3v) is 6.52. The van der Waals surface area contributed by atoms with E-state index in [9.17, 15) is 10.1 Å². The number of pyridine rings is 1. The summed E-state index contributed by atoms with van der Waals surface area (Å²) in [6, 6.07) is 11.7. The molecule has 0 radical (unpaired) electrons. The number of amides is 1. The summed E-state index contributed by atoms with van der Waals surface area (Å²) in [6.07, 6.45) is 1.12. The normalized spacial score (nSPS) is 19.3.